The van der Waals surface area contributed by atoms with E-state index in [0.717, 1.165) is 6.54 Å². The summed E-state index contributed by atoms with van der Waals surface area (Å²) in [6, 6.07) is 0.284. The van der Waals surface area contributed by atoms with Gasteiger partial charge in [0.2, 0.25) is 0 Å². The number of nitrogens with two attached hydrogens (primary N) is 1. The number of imidazole rings is 2. The van der Waals surface area contributed by atoms with Gasteiger partial charge in [0.25, 0.3) is 0 Å². The maximum atomic E-state index is 5.70. The summed E-state index contributed by atoms with van der Waals surface area (Å²) in [6.45, 7) is 2.94. The van der Waals surface area contributed by atoms with Crippen LogP contribution in [0.4, 0.5) is 5.95 Å². The van der Waals surface area contributed by atoms with Gasteiger partial charge in [-0.25, -0.2) is 9.97 Å². The van der Waals surface area contributed by atoms with Crippen molar-refractivity contribution < 1.29 is 0 Å². The summed E-state index contributed by atoms with van der Waals surface area (Å²) in [5, 5.41) is 0. The van der Waals surface area contributed by atoms with Crippen molar-refractivity contribution in [1.29, 1.82) is 0 Å². The lowest BCUT2D eigenvalue weighted by molar-refractivity contribution is 0.469. The molecule has 2 N–H and O–H groups in total. The van der Waals surface area contributed by atoms with Crippen LogP contribution in [0.15, 0.2) is 31.1 Å². The Bertz CT molecular complexity index is 389. The molecule has 0 aliphatic rings. The van der Waals surface area contributed by atoms with Gasteiger partial charge in [0.1, 0.15) is 0 Å². The molecule has 2 rings (SSSR count). The zero-order chi connectivity index (χ0) is 9.97. The van der Waals surface area contributed by atoms with Crippen LogP contribution in [0.5, 0.6) is 0 Å². The Hall–Kier alpha value is -1.78. The molecular formula is C9H13N5. The maximum absolute atomic E-state index is 5.70. The van der Waals surface area contributed by atoms with Crippen LogP contribution in [-0.2, 0) is 6.54 Å². The van der Waals surface area contributed by atoms with Crippen molar-refractivity contribution in [3.63, 3.8) is 0 Å². The first-order chi connectivity index (χ1) is 6.77. The van der Waals surface area contributed by atoms with Gasteiger partial charge in [-0.1, -0.05) is 0 Å². The normalized spacial score (nSPS) is 12.9. The predicted octanol–water partition coefficient (Wildman–Crippen LogP) is 0.923. The molecule has 14 heavy (non-hydrogen) atoms. The molecule has 0 radical (unpaired) electrons. The van der Waals surface area contributed by atoms with E-state index in [1.807, 2.05) is 21.5 Å². The number of anilines is 1. The number of aromatic nitrogens is 4. The van der Waals surface area contributed by atoms with Gasteiger partial charge in [-0.15, -0.1) is 0 Å². The highest BCUT2D eigenvalue weighted by Crippen LogP contribution is 2.12. The van der Waals surface area contributed by atoms with E-state index in [2.05, 4.69) is 16.9 Å². The Morgan fingerprint density at radius 2 is 2.29 bits per heavy atom. The smallest absolute Gasteiger partial charge is 0.200 e. The lowest BCUT2D eigenvalue weighted by Gasteiger charge is -2.14. The Morgan fingerprint density at radius 1 is 1.43 bits per heavy atom. The third-order valence-corrected chi connectivity index (χ3v) is 2.21. The fraction of sp³-hybridized carbons (Fsp3) is 0.333. The van der Waals surface area contributed by atoms with Crippen LogP contribution in [-0.4, -0.2) is 19.1 Å². The van der Waals surface area contributed by atoms with Crippen molar-refractivity contribution in [1.82, 2.24) is 19.1 Å². The monoisotopic (exact) mass is 191 g/mol. The van der Waals surface area contributed by atoms with Gasteiger partial charge in [0.15, 0.2) is 5.95 Å². The van der Waals surface area contributed by atoms with Gasteiger partial charge in [-0.05, 0) is 6.92 Å². The zero-order valence-corrected chi connectivity index (χ0v) is 8.04. The first-order valence-corrected chi connectivity index (χ1v) is 4.51. The van der Waals surface area contributed by atoms with E-state index in [1.54, 1.807) is 18.7 Å². The third-order valence-electron chi connectivity index (χ3n) is 2.21. The van der Waals surface area contributed by atoms with Crippen molar-refractivity contribution >= 4 is 5.95 Å². The summed E-state index contributed by atoms with van der Waals surface area (Å²) >= 11 is 0. The van der Waals surface area contributed by atoms with Crippen molar-refractivity contribution in [3.8, 4) is 0 Å². The molecule has 0 fully saturated rings. The highest BCUT2D eigenvalue weighted by atomic mass is 15.2. The Balaban J connectivity index is 2.10. The highest BCUT2D eigenvalue weighted by Gasteiger charge is 2.07. The van der Waals surface area contributed by atoms with Crippen molar-refractivity contribution in [2.24, 2.45) is 0 Å². The molecule has 0 aliphatic carbocycles. The molecular weight excluding hydrogens is 178 g/mol. The van der Waals surface area contributed by atoms with Crippen molar-refractivity contribution in [3.05, 3.63) is 31.1 Å². The average molecular weight is 191 g/mol. The molecule has 0 saturated carbocycles. The summed E-state index contributed by atoms with van der Waals surface area (Å²) < 4.78 is 3.96. The van der Waals surface area contributed by atoms with Gasteiger partial charge in [-0.3, -0.25) is 0 Å². The number of hydrogen-bond donors (Lipinski definition) is 1. The van der Waals surface area contributed by atoms with E-state index in [9.17, 15) is 0 Å². The number of nitrogen functional groups attached to an aromatic ring is 1. The number of rotatable bonds is 3. The van der Waals surface area contributed by atoms with E-state index in [-0.39, 0.29) is 6.04 Å². The summed E-state index contributed by atoms with van der Waals surface area (Å²) in [5.41, 5.74) is 5.70. The molecule has 74 valence electrons. The van der Waals surface area contributed by atoms with E-state index in [0.29, 0.717) is 5.95 Å². The molecule has 0 spiro atoms. The highest BCUT2D eigenvalue weighted by molar-refractivity contribution is 5.17. The summed E-state index contributed by atoms with van der Waals surface area (Å²) in [7, 11) is 0. The van der Waals surface area contributed by atoms with Crippen LogP contribution < -0.4 is 5.73 Å². The molecule has 1 unspecified atom stereocenters. The van der Waals surface area contributed by atoms with Crippen LogP contribution in [0.2, 0.25) is 0 Å². The molecule has 0 aliphatic heterocycles. The third kappa shape index (κ3) is 1.61. The fourth-order valence-electron chi connectivity index (χ4n) is 1.49. The largest absolute Gasteiger partial charge is 0.369 e. The minimum atomic E-state index is 0.284. The fourth-order valence-corrected chi connectivity index (χ4v) is 1.49. The van der Waals surface area contributed by atoms with Gasteiger partial charge in [-0.2, -0.15) is 0 Å². The SMILES string of the molecule is CC(Cn1ccnc1)n1ccnc1N. The minimum absolute atomic E-state index is 0.284. The van der Waals surface area contributed by atoms with Crippen LogP contribution >= 0.6 is 0 Å². The molecule has 5 nitrogen and oxygen atoms in total. The molecule has 2 aromatic rings. The molecule has 0 amide bonds. The molecule has 1 atom stereocenters. The van der Waals surface area contributed by atoms with Crippen LogP contribution in [0.25, 0.3) is 0 Å². The van der Waals surface area contributed by atoms with Gasteiger partial charge >= 0.3 is 0 Å². The topological polar surface area (TPSA) is 61.7 Å². The second-order valence-electron chi connectivity index (χ2n) is 3.30. The lowest BCUT2D eigenvalue weighted by Crippen LogP contribution is -2.13. The van der Waals surface area contributed by atoms with E-state index >= 15 is 0 Å². The second-order valence-corrected chi connectivity index (χ2v) is 3.30. The summed E-state index contributed by atoms with van der Waals surface area (Å²) in [5.74, 6) is 0.553. The van der Waals surface area contributed by atoms with E-state index in [1.165, 1.54) is 0 Å². The van der Waals surface area contributed by atoms with Crippen LogP contribution in [0.3, 0.4) is 0 Å². The lowest BCUT2D eigenvalue weighted by atomic mass is 10.3. The molecule has 5 heteroatoms. The van der Waals surface area contributed by atoms with Crippen LogP contribution in [0.1, 0.15) is 13.0 Å². The summed E-state index contributed by atoms with van der Waals surface area (Å²) in [6.07, 6.45) is 9.09. The maximum Gasteiger partial charge on any atom is 0.200 e. The number of hydrogen-bond acceptors (Lipinski definition) is 3. The van der Waals surface area contributed by atoms with Gasteiger partial charge in [0.05, 0.1) is 12.4 Å². The molecule has 0 bridgehead atoms. The average Bonchev–Trinajstić information content (AvgIpc) is 2.75. The van der Waals surface area contributed by atoms with Crippen molar-refractivity contribution in [2.75, 3.05) is 5.73 Å². The van der Waals surface area contributed by atoms with Gasteiger partial charge in [0, 0.05) is 31.3 Å². The quantitative estimate of drug-likeness (QED) is 0.784. The number of nitrogens with zero attached hydrogens (tertiary/aromatic N) is 4. The summed E-state index contributed by atoms with van der Waals surface area (Å²) in [4.78, 5) is 7.97. The standard InChI is InChI=1S/C9H13N5/c1-8(6-13-4-2-11-7-13)14-5-3-12-9(14)10/h2-5,7-8H,6H2,1H3,(H2,10,12). The van der Waals surface area contributed by atoms with Gasteiger partial charge < -0.3 is 14.9 Å². The Kier molecular flexibility index (Phi) is 2.22. The molecule has 2 heterocycles. The molecule has 0 aromatic carbocycles. The first-order valence-electron chi connectivity index (χ1n) is 4.51. The van der Waals surface area contributed by atoms with Crippen LogP contribution in [0, 0.1) is 0 Å². The van der Waals surface area contributed by atoms with E-state index < -0.39 is 0 Å². The predicted molar refractivity (Wildman–Crippen MR) is 53.6 cm³/mol. The second kappa shape index (κ2) is 3.53. The zero-order valence-electron chi connectivity index (χ0n) is 8.04. The Morgan fingerprint density at radius 3 is 2.86 bits per heavy atom. The van der Waals surface area contributed by atoms with E-state index in [4.69, 9.17) is 5.73 Å². The van der Waals surface area contributed by atoms with Crippen molar-refractivity contribution in [2.45, 2.75) is 19.5 Å². The Labute approximate surface area is 82.2 Å². The molecule has 0 saturated heterocycles. The minimum Gasteiger partial charge on any atom is -0.369 e. The molecule has 2 aromatic heterocycles. The first kappa shape index (κ1) is 8.80.